The molecule has 2 aromatic carbocycles. The van der Waals surface area contributed by atoms with Crippen molar-refractivity contribution in [3.63, 3.8) is 0 Å². The quantitative estimate of drug-likeness (QED) is 0.588. The molecule has 1 N–H and O–H groups in total. The molecule has 23 heavy (non-hydrogen) atoms. The summed E-state index contributed by atoms with van der Waals surface area (Å²) in [5.41, 5.74) is 3.15. The smallest absolute Gasteiger partial charge is 0.165 e. The molecule has 0 atom stereocenters. The third-order valence-corrected chi connectivity index (χ3v) is 4.55. The van der Waals surface area contributed by atoms with E-state index in [0.29, 0.717) is 24.0 Å². The number of hydrogen-bond donors (Lipinski definition) is 1. The van der Waals surface area contributed by atoms with Crippen molar-refractivity contribution in [1.82, 2.24) is 4.98 Å². The van der Waals surface area contributed by atoms with Gasteiger partial charge in [-0.25, -0.2) is 0 Å². The number of nitrogens with one attached hydrogen (secondary N) is 1. The second kappa shape index (κ2) is 6.28. The van der Waals surface area contributed by atoms with Gasteiger partial charge in [-0.05, 0) is 24.6 Å². The van der Waals surface area contributed by atoms with Crippen LogP contribution < -0.4 is 0 Å². The van der Waals surface area contributed by atoms with Gasteiger partial charge in [0.25, 0.3) is 0 Å². The minimum Gasteiger partial charge on any atom is -0.354 e. The lowest BCUT2D eigenvalue weighted by atomic mass is 10.0. The van der Waals surface area contributed by atoms with E-state index in [1.807, 2.05) is 44.2 Å². The van der Waals surface area contributed by atoms with Crippen molar-refractivity contribution in [3.8, 4) is 0 Å². The van der Waals surface area contributed by atoms with E-state index in [9.17, 15) is 9.59 Å². The van der Waals surface area contributed by atoms with E-state index < -0.39 is 0 Å². The number of rotatable bonds is 5. The first-order valence-electron chi connectivity index (χ1n) is 7.86. The summed E-state index contributed by atoms with van der Waals surface area (Å²) in [7, 11) is 0. The zero-order valence-electron chi connectivity index (χ0n) is 13.2. The summed E-state index contributed by atoms with van der Waals surface area (Å²) in [6.07, 6.45) is 1.83. The number of hydrogen-bond acceptors (Lipinski definition) is 2. The summed E-state index contributed by atoms with van der Waals surface area (Å²) in [4.78, 5) is 27.7. The maximum atomic E-state index is 12.4. The maximum absolute atomic E-state index is 12.4. The molecular weight excluding hydrogens is 354 g/mol. The Morgan fingerprint density at radius 1 is 1.04 bits per heavy atom. The van der Waals surface area contributed by atoms with E-state index in [0.717, 1.165) is 32.7 Å². The molecule has 0 amide bonds. The van der Waals surface area contributed by atoms with E-state index >= 15 is 0 Å². The van der Waals surface area contributed by atoms with Gasteiger partial charge in [0, 0.05) is 44.7 Å². The van der Waals surface area contributed by atoms with Gasteiger partial charge < -0.3 is 4.98 Å². The lowest BCUT2D eigenvalue weighted by Gasteiger charge is -2.03. The summed E-state index contributed by atoms with van der Waals surface area (Å²) < 4.78 is 0.888. The standard InChI is InChI=1S/C19H18BrNO2/c1-3-5-18(23)15-10-12(20)9-14-13-7-6-11(17(22)4-2)8-16(13)21-19(14)15/h6-10,21H,3-5H2,1-2H3. The van der Waals surface area contributed by atoms with Crippen LogP contribution in [0.25, 0.3) is 21.8 Å². The van der Waals surface area contributed by atoms with Crippen LogP contribution in [0.5, 0.6) is 0 Å². The van der Waals surface area contributed by atoms with E-state index in [-0.39, 0.29) is 11.6 Å². The molecule has 0 saturated heterocycles. The topological polar surface area (TPSA) is 49.9 Å². The summed E-state index contributed by atoms with van der Waals surface area (Å²) in [6, 6.07) is 9.57. The second-order valence-corrected chi connectivity index (χ2v) is 6.63. The largest absolute Gasteiger partial charge is 0.354 e. The van der Waals surface area contributed by atoms with E-state index in [2.05, 4.69) is 20.9 Å². The summed E-state index contributed by atoms with van der Waals surface area (Å²) >= 11 is 3.50. The zero-order valence-corrected chi connectivity index (χ0v) is 14.8. The van der Waals surface area contributed by atoms with Crippen LogP contribution in [0.1, 0.15) is 53.8 Å². The highest BCUT2D eigenvalue weighted by Crippen LogP contribution is 2.32. The maximum Gasteiger partial charge on any atom is 0.165 e. The monoisotopic (exact) mass is 371 g/mol. The number of fused-ring (bicyclic) bond motifs is 3. The molecule has 3 aromatic rings. The number of halogens is 1. The molecule has 4 heteroatoms. The van der Waals surface area contributed by atoms with Crippen LogP contribution in [0.4, 0.5) is 0 Å². The summed E-state index contributed by atoms with van der Waals surface area (Å²) in [5.74, 6) is 0.254. The van der Waals surface area contributed by atoms with Crippen molar-refractivity contribution in [2.45, 2.75) is 33.1 Å². The van der Waals surface area contributed by atoms with Crippen LogP contribution >= 0.6 is 15.9 Å². The summed E-state index contributed by atoms with van der Waals surface area (Å²) in [5, 5.41) is 2.03. The number of carbonyl (C=O) groups excluding carboxylic acids is 2. The fourth-order valence-corrected chi connectivity index (χ4v) is 3.39. The van der Waals surface area contributed by atoms with Crippen molar-refractivity contribution >= 4 is 49.3 Å². The highest BCUT2D eigenvalue weighted by atomic mass is 79.9. The summed E-state index contributed by atoms with van der Waals surface area (Å²) in [6.45, 7) is 3.86. The third kappa shape index (κ3) is 2.83. The van der Waals surface area contributed by atoms with Gasteiger partial charge in [0.1, 0.15) is 0 Å². The van der Waals surface area contributed by atoms with Crippen LogP contribution in [0, 0.1) is 0 Å². The Balaban J connectivity index is 2.27. The minimum atomic E-state index is 0.119. The lowest BCUT2D eigenvalue weighted by Crippen LogP contribution is -1.99. The molecule has 1 heterocycles. The van der Waals surface area contributed by atoms with Crippen molar-refractivity contribution < 1.29 is 9.59 Å². The van der Waals surface area contributed by atoms with Gasteiger partial charge in [0.15, 0.2) is 11.6 Å². The molecule has 0 aliphatic carbocycles. The van der Waals surface area contributed by atoms with Gasteiger partial charge in [0.05, 0.1) is 5.52 Å². The number of aromatic nitrogens is 1. The molecule has 0 fully saturated rings. The molecule has 3 nitrogen and oxygen atoms in total. The fourth-order valence-electron chi connectivity index (χ4n) is 2.93. The Hall–Kier alpha value is -1.94. The number of Topliss-reactive ketones (excluding diaryl/α,β-unsaturated/α-hetero) is 2. The molecule has 0 saturated carbocycles. The second-order valence-electron chi connectivity index (χ2n) is 5.71. The van der Waals surface area contributed by atoms with Gasteiger partial charge in [-0.3, -0.25) is 9.59 Å². The Morgan fingerprint density at radius 3 is 2.52 bits per heavy atom. The Labute approximate surface area is 143 Å². The van der Waals surface area contributed by atoms with Gasteiger partial charge in [-0.15, -0.1) is 0 Å². The molecule has 0 bridgehead atoms. The first-order valence-corrected chi connectivity index (χ1v) is 8.65. The first kappa shape index (κ1) is 15.9. The molecule has 1 aromatic heterocycles. The molecule has 0 unspecified atom stereocenters. The van der Waals surface area contributed by atoms with Crippen LogP contribution in [-0.2, 0) is 0 Å². The van der Waals surface area contributed by atoms with Gasteiger partial charge in [-0.1, -0.05) is 41.9 Å². The Kier molecular flexibility index (Phi) is 4.35. The van der Waals surface area contributed by atoms with Crippen LogP contribution in [0.3, 0.4) is 0 Å². The normalized spacial score (nSPS) is 11.3. The number of benzene rings is 2. The number of carbonyl (C=O) groups is 2. The van der Waals surface area contributed by atoms with E-state index in [1.54, 1.807) is 0 Å². The predicted octanol–water partition coefficient (Wildman–Crippen LogP) is 5.66. The first-order chi connectivity index (χ1) is 11.0. The number of aromatic amines is 1. The average molecular weight is 372 g/mol. The molecular formula is C19H18BrNO2. The van der Waals surface area contributed by atoms with E-state index in [1.165, 1.54) is 0 Å². The average Bonchev–Trinajstić information content (AvgIpc) is 2.91. The molecule has 0 aliphatic heterocycles. The highest BCUT2D eigenvalue weighted by Gasteiger charge is 2.15. The van der Waals surface area contributed by atoms with Crippen LogP contribution in [0.2, 0.25) is 0 Å². The number of ketones is 2. The van der Waals surface area contributed by atoms with Crippen molar-refractivity contribution in [2.24, 2.45) is 0 Å². The van der Waals surface area contributed by atoms with Gasteiger partial charge in [0.2, 0.25) is 0 Å². The molecule has 0 spiro atoms. The van der Waals surface area contributed by atoms with Crippen LogP contribution in [0.15, 0.2) is 34.8 Å². The fraction of sp³-hybridized carbons (Fsp3) is 0.263. The predicted molar refractivity (Wildman–Crippen MR) is 97.4 cm³/mol. The van der Waals surface area contributed by atoms with Crippen LogP contribution in [-0.4, -0.2) is 16.6 Å². The zero-order chi connectivity index (χ0) is 16.6. The van der Waals surface area contributed by atoms with E-state index in [4.69, 9.17) is 0 Å². The number of H-pyrrole nitrogens is 1. The molecule has 0 radical (unpaired) electrons. The van der Waals surface area contributed by atoms with Gasteiger partial charge >= 0.3 is 0 Å². The molecule has 118 valence electrons. The molecule has 0 aliphatic rings. The SMILES string of the molecule is CCCC(=O)c1cc(Br)cc2c1[nH]c1cc(C(=O)CC)ccc12. The lowest BCUT2D eigenvalue weighted by molar-refractivity contribution is 0.0977. The van der Waals surface area contributed by atoms with Crippen molar-refractivity contribution in [1.29, 1.82) is 0 Å². The third-order valence-electron chi connectivity index (χ3n) is 4.09. The van der Waals surface area contributed by atoms with Crippen molar-refractivity contribution in [3.05, 3.63) is 45.9 Å². The Morgan fingerprint density at radius 2 is 1.83 bits per heavy atom. The Bertz CT molecular complexity index is 924. The van der Waals surface area contributed by atoms with Gasteiger partial charge in [-0.2, -0.15) is 0 Å². The highest BCUT2D eigenvalue weighted by molar-refractivity contribution is 9.10. The molecule has 3 rings (SSSR count). The van der Waals surface area contributed by atoms with Crippen molar-refractivity contribution in [2.75, 3.05) is 0 Å². The minimum absolute atomic E-state index is 0.119.